The first-order chi connectivity index (χ1) is 3.71. The number of hydroxylamine groups is 3. The molecule has 1 rings (SSSR count). The van der Waals surface area contributed by atoms with E-state index in [0.717, 1.165) is 25.9 Å². The Labute approximate surface area is 51.8 Å². The molecule has 0 aromatic carbocycles. The van der Waals surface area contributed by atoms with Crippen molar-refractivity contribution in [1.82, 2.24) is 0 Å². The van der Waals surface area contributed by atoms with Gasteiger partial charge in [0, 0.05) is 0 Å². The van der Waals surface area contributed by atoms with Crippen molar-refractivity contribution in [1.29, 1.82) is 0 Å². The van der Waals surface area contributed by atoms with Crippen LogP contribution in [0.4, 0.5) is 0 Å². The predicted molar refractivity (Wildman–Crippen MR) is 34.2 cm³/mol. The number of quaternary nitrogens is 1. The minimum absolute atomic E-state index is 0. The van der Waals surface area contributed by atoms with Crippen molar-refractivity contribution < 1.29 is 6.07 Å². The average Bonchev–Trinajstić information content (AvgIpc) is 1.65. The van der Waals surface area contributed by atoms with Gasteiger partial charge in [-0.3, -0.25) is 0 Å². The van der Waals surface area contributed by atoms with E-state index < -0.39 is 0 Å². The topological polar surface area (TPSA) is 23.1 Å². The molecule has 1 aliphatic heterocycles. The van der Waals surface area contributed by atoms with Crippen LogP contribution in [0.15, 0.2) is 0 Å². The molecule has 8 heavy (non-hydrogen) atoms. The second-order valence-electron chi connectivity index (χ2n) is 2.80. The second kappa shape index (κ2) is 2.03. The molecular formula is C6H14NO+. The van der Waals surface area contributed by atoms with Crippen molar-refractivity contribution in [3.05, 3.63) is 5.21 Å². The van der Waals surface area contributed by atoms with Gasteiger partial charge in [-0.15, -0.1) is 0 Å². The van der Waals surface area contributed by atoms with Crippen LogP contribution in [-0.4, -0.2) is 24.8 Å². The van der Waals surface area contributed by atoms with Crippen LogP contribution in [0, 0.1) is 5.21 Å². The Morgan fingerprint density at radius 2 is 1.75 bits per heavy atom. The zero-order valence-electron chi connectivity index (χ0n) is 6.39. The lowest BCUT2D eigenvalue weighted by Gasteiger charge is -2.41. The first-order valence-electron chi connectivity index (χ1n) is 3.26. The summed E-state index contributed by atoms with van der Waals surface area (Å²) in [5, 5.41) is 11.1. The van der Waals surface area contributed by atoms with Crippen molar-refractivity contribution in [2.24, 2.45) is 0 Å². The van der Waals surface area contributed by atoms with E-state index in [1.807, 2.05) is 0 Å². The Morgan fingerprint density at radius 3 is 2.00 bits per heavy atom. The van der Waals surface area contributed by atoms with E-state index >= 15 is 0 Å². The SMILES string of the molecule is C[N+]1([O-])CCCCC1.[H+]. The van der Waals surface area contributed by atoms with Crippen LogP contribution in [0.25, 0.3) is 0 Å². The Balaban J connectivity index is 0.000000640. The molecule has 0 spiro atoms. The minimum atomic E-state index is 0. The van der Waals surface area contributed by atoms with Gasteiger partial charge in [0.15, 0.2) is 0 Å². The molecule has 0 N–H and O–H groups in total. The van der Waals surface area contributed by atoms with E-state index in [1.54, 1.807) is 7.05 Å². The first kappa shape index (κ1) is 6.05. The lowest BCUT2D eigenvalue weighted by molar-refractivity contribution is -0.865. The summed E-state index contributed by atoms with van der Waals surface area (Å²) >= 11 is 0. The van der Waals surface area contributed by atoms with Gasteiger partial charge in [0.2, 0.25) is 0 Å². The Morgan fingerprint density at radius 1 is 1.25 bits per heavy atom. The van der Waals surface area contributed by atoms with Gasteiger partial charge in [-0.1, -0.05) is 0 Å². The molecule has 0 unspecified atom stereocenters. The molecule has 2 nitrogen and oxygen atoms in total. The normalized spacial score (nSPS) is 27.8. The van der Waals surface area contributed by atoms with Gasteiger partial charge < -0.3 is 9.85 Å². The van der Waals surface area contributed by atoms with Gasteiger partial charge in [0.25, 0.3) is 0 Å². The summed E-state index contributed by atoms with van der Waals surface area (Å²) < 4.78 is 0. The van der Waals surface area contributed by atoms with E-state index in [2.05, 4.69) is 0 Å². The Hall–Kier alpha value is -0.0800. The average molecular weight is 116 g/mol. The third-order valence-corrected chi connectivity index (χ3v) is 1.76. The van der Waals surface area contributed by atoms with Gasteiger partial charge in [0.05, 0.1) is 20.1 Å². The maximum Gasteiger partial charge on any atom is 1.00 e. The van der Waals surface area contributed by atoms with Gasteiger partial charge in [-0.25, -0.2) is 0 Å². The van der Waals surface area contributed by atoms with Gasteiger partial charge in [-0.05, 0) is 19.3 Å². The Kier molecular flexibility index (Phi) is 1.54. The van der Waals surface area contributed by atoms with Crippen molar-refractivity contribution in [2.45, 2.75) is 19.3 Å². The van der Waals surface area contributed by atoms with E-state index in [1.165, 1.54) is 6.42 Å². The maximum atomic E-state index is 11.1. The minimum Gasteiger partial charge on any atom is -0.633 e. The van der Waals surface area contributed by atoms with E-state index in [4.69, 9.17) is 0 Å². The third kappa shape index (κ3) is 1.46. The molecule has 0 aliphatic carbocycles. The fourth-order valence-corrected chi connectivity index (χ4v) is 1.18. The molecule has 0 aromatic rings. The van der Waals surface area contributed by atoms with Gasteiger partial charge in [-0.2, -0.15) is 0 Å². The highest BCUT2D eigenvalue weighted by Gasteiger charge is 2.13. The van der Waals surface area contributed by atoms with Crippen molar-refractivity contribution in [3.63, 3.8) is 0 Å². The van der Waals surface area contributed by atoms with Crippen molar-refractivity contribution >= 4 is 0 Å². The maximum absolute atomic E-state index is 11.1. The molecule has 0 saturated carbocycles. The zero-order chi connectivity index (χ0) is 6.04. The summed E-state index contributed by atoms with van der Waals surface area (Å²) in [6.45, 7) is 1.67. The number of nitrogens with zero attached hydrogens (tertiary/aromatic N) is 1. The number of rotatable bonds is 0. The summed E-state index contributed by atoms with van der Waals surface area (Å²) in [6.07, 6.45) is 3.51. The molecular weight excluding hydrogens is 102 g/mol. The van der Waals surface area contributed by atoms with Crippen molar-refractivity contribution in [3.8, 4) is 0 Å². The second-order valence-corrected chi connectivity index (χ2v) is 2.80. The van der Waals surface area contributed by atoms with Gasteiger partial charge >= 0.3 is 1.43 Å². The molecule has 0 atom stereocenters. The molecule has 1 saturated heterocycles. The van der Waals surface area contributed by atoms with Crippen LogP contribution in [0.3, 0.4) is 0 Å². The van der Waals surface area contributed by atoms with E-state index in [0.29, 0.717) is 0 Å². The Bertz CT molecular complexity index is 77.1. The molecule has 0 radical (unpaired) electrons. The molecule has 2 heteroatoms. The summed E-state index contributed by atoms with van der Waals surface area (Å²) in [4.78, 5) is 0. The fraction of sp³-hybridized carbons (Fsp3) is 1.00. The smallest absolute Gasteiger partial charge is 0.633 e. The molecule has 0 bridgehead atoms. The highest BCUT2D eigenvalue weighted by Crippen LogP contribution is 2.13. The lowest BCUT2D eigenvalue weighted by atomic mass is 10.1. The van der Waals surface area contributed by atoms with Gasteiger partial charge in [0.1, 0.15) is 0 Å². The van der Waals surface area contributed by atoms with Crippen LogP contribution in [0.2, 0.25) is 0 Å². The summed E-state index contributed by atoms with van der Waals surface area (Å²) in [7, 11) is 1.76. The third-order valence-electron chi connectivity index (χ3n) is 1.76. The van der Waals surface area contributed by atoms with Crippen molar-refractivity contribution in [2.75, 3.05) is 20.1 Å². The zero-order valence-corrected chi connectivity index (χ0v) is 5.39. The molecule has 1 heterocycles. The van der Waals surface area contributed by atoms with E-state index in [9.17, 15) is 5.21 Å². The molecule has 0 amide bonds. The van der Waals surface area contributed by atoms with Crippen LogP contribution in [0.1, 0.15) is 20.7 Å². The fourth-order valence-electron chi connectivity index (χ4n) is 1.18. The number of hydrogen-bond acceptors (Lipinski definition) is 1. The van der Waals surface area contributed by atoms with Crippen LogP contribution in [-0.2, 0) is 0 Å². The molecule has 1 aliphatic rings. The highest BCUT2D eigenvalue weighted by molar-refractivity contribution is 4.50. The monoisotopic (exact) mass is 116 g/mol. The first-order valence-corrected chi connectivity index (χ1v) is 3.26. The van der Waals surface area contributed by atoms with Crippen LogP contribution < -0.4 is 0 Å². The summed E-state index contributed by atoms with van der Waals surface area (Å²) in [5.74, 6) is 0. The predicted octanol–water partition coefficient (Wildman–Crippen LogP) is 1.23. The number of likely N-dealkylation sites (tertiary alicyclic amines) is 1. The summed E-state index contributed by atoms with van der Waals surface area (Å²) in [6, 6.07) is 0. The summed E-state index contributed by atoms with van der Waals surface area (Å²) in [5.41, 5.74) is 0. The lowest BCUT2D eigenvalue weighted by Crippen LogP contribution is -2.41. The van der Waals surface area contributed by atoms with E-state index in [-0.39, 0.29) is 6.07 Å². The van der Waals surface area contributed by atoms with Crippen LogP contribution in [0.5, 0.6) is 0 Å². The molecule has 48 valence electrons. The quantitative estimate of drug-likeness (QED) is 0.345. The number of hydrogen-bond donors (Lipinski definition) is 0. The van der Waals surface area contributed by atoms with Crippen LogP contribution >= 0.6 is 0 Å². The molecule has 1 fully saturated rings. The highest BCUT2D eigenvalue weighted by atomic mass is 16.5. The number of piperidine rings is 1. The molecule has 0 aromatic heterocycles. The standard InChI is InChI=1S/C6H13NO/c1-7(8)5-3-2-4-6-7/h2-6H2,1H3/p+1. The largest absolute Gasteiger partial charge is 1.00 e.